The molecule has 0 aliphatic carbocycles. The van der Waals surface area contributed by atoms with Crippen LogP contribution in [0.2, 0.25) is 0 Å². The summed E-state index contributed by atoms with van der Waals surface area (Å²) in [5.74, 6) is -1.24. The van der Waals surface area contributed by atoms with Crippen LogP contribution in [0.15, 0.2) is 0 Å². The Morgan fingerprint density at radius 1 is 1.45 bits per heavy atom. The first-order valence-corrected chi connectivity index (χ1v) is 7.77. The molecule has 0 saturated carbocycles. The lowest BCUT2D eigenvalue weighted by Crippen LogP contribution is -2.41. The molecule has 7 heteroatoms. The third kappa shape index (κ3) is 3.44. The number of piperidine rings is 1. The maximum absolute atomic E-state index is 12.8. The largest absolute Gasteiger partial charge is 0.393 e. The quantitative estimate of drug-likeness (QED) is 0.927. The molecule has 114 valence electrons. The van der Waals surface area contributed by atoms with Crippen LogP contribution in [0.25, 0.3) is 0 Å². The smallest absolute Gasteiger partial charge is 0.347 e. The first-order valence-electron chi connectivity index (χ1n) is 6.96. The Balaban J connectivity index is 2.14. The first kappa shape index (κ1) is 15.6. The van der Waals surface area contributed by atoms with Crippen molar-refractivity contribution in [2.24, 2.45) is 11.7 Å². The summed E-state index contributed by atoms with van der Waals surface area (Å²) in [6, 6.07) is 0. The molecule has 0 amide bonds. The molecule has 1 aromatic rings. The fraction of sp³-hybridized carbons (Fsp3) is 0.769. The van der Waals surface area contributed by atoms with Gasteiger partial charge in [0.15, 0.2) is 5.13 Å². The maximum atomic E-state index is 12.8. The van der Waals surface area contributed by atoms with Crippen LogP contribution in [0.4, 0.5) is 18.3 Å². The van der Waals surface area contributed by atoms with Gasteiger partial charge in [0.1, 0.15) is 0 Å². The van der Waals surface area contributed by atoms with Gasteiger partial charge in [0, 0.05) is 24.5 Å². The SMILES string of the molecule is CCCc1nc(N2CCCC(C(F)(F)F)C2)sc1CN. The van der Waals surface area contributed by atoms with E-state index in [1.54, 1.807) is 4.90 Å². The van der Waals surface area contributed by atoms with Crippen molar-refractivity contribution in [3.63, 3.8) is 0 Å². The van der Waals surface area contributed by atoms with Crippen LogP contribution in [0.1, 0.15) is 36.8 Å². The molecule has 1 saturated heterocycles. The Labute approximate surface area is 121 Å². The Bertz CT molecular complexity index is 445. The van der Waals surface area contributed by atoms with Gasteiger partial charge < -0.3 is 10.6 Å². The highest BCUT2D eigenvalue weighted by atomic mass is 32.1. The number of aryl methyl sites for hydroxylation is 1. The molecule has 1 aromatic heterocycles. The molecular weight excluding hydrogens is 287 g/mol. The third-order valence-corrected chi connectivity index (χ3v) is 4.77. The highest BCUT2D eigenvalue weighted by Gasteiger charge is 2.42. The zero-order valence-corrected chi connectivity index (χ0v) is 12.4. The summed E-state index contributed by atoms with van der Waals surface area (Å²) in [5, 5.41) is 0.697. The van der Waals surface area contributed by atoms with Crippen molar-refractivity contribution < 1.29 is 13.2 Å². The number of hydrogen-bond acceptors (Lipinski definition) is 4. The van der Waals surface area contributed by atoms with Crippen molar-refractivity contribution in [2.75, 3.05) is 18.0 Å². The van der Waals surface area contributed by atoms with E-state index in [0.29, 0.717) is 24.6 Å². The molecule has 2 rings (SSSR count). The van der Waals surface area contributed by atoms with Crippen LogP contribution in [0.3, 0.4) is 0 Å². The lowest BCUT2D eigenvalue weighted by Gasteiger charge is -2.33. The van der Waals surface area contributed by atoms with Gasteiger partial charge >= 0.3 is 6.18 Å². The van der Waals surface area contributed by atoms with E-state index in [1.807, 2.05) is 0 Å². The Morgan fingerprint density at radius 2 is 2.20 bits per heavy atom. The zero-order chi connectivity index (χ0) is 14.8. The number of rotatable bonds is 4. The van der Waals surface area contributed by atoms with Crippen LogP contribution in [0, 0.1) is 5.92 Å². The van der Waals surface area contributed by atoms with Crippen molar-refractivity contribution >= 4 is 16.5 Å². The van der Waals surface area contributed by atoms with E-state index < -0.39 is 12.1 Å². The molecule has 0 radical (unpaired) electrons. The molecule has 2 N–H and O–H groups in total. The summed E-state index contributed by atoms with van der Waals surface area (Å²) in [4.78, 5) is 7.27. The number of halogens is 3. The summed E-state index contributed by atoms with van der Waals surface area (Å²) in [6.45, 7) is 3.13. The number of hydrogen-bond donors (Lipinski definition) is 1. The second-order valence-electron chi connectivity index (χ2n) is 5.15. The monoisotopic (exact) mass is 307 g/mol. The molecule has 20 heavy (non-hydrogen) atoms. The van der Waals surface area contributed by atoms with E-state index in [1.165, 1.54) is 11.3 Å². The summed E-state index contributed by atoms with van der Waals surface area (Å²) < 4.78 is 38.5. The van der Waals surface area contributed by atoms with Crippen molar-refractivity contribution in [2.45, 2.75) is 45.3 Å². The van der Waals surface area contributed by atoms with E-state index >= 15 is 0 Å². The normalized spacial score (nSPS) is 20.4. The number of anilines is 1. The third-order valence-electron chi connectivity index (χ3n) is 3.59. The lowest BCUT2D eigenvalue weighted by atomic mass is 9.98. The molecular formula is C13H20F3N3S. The van der Waals surface area contributed by atoms with E-state index in [-0.39, 0.29) is 13.0 Å². The van der Waals surface area contributed by atoms with Crippen molar-refractivity contribution in [1.29, 1.82) is 0 Å². The predicted octanol–water partition coefficient (Wildman–Crippen LogP) is 3.33. The minimum absolute atomic E-state index is 0.0204. The highest BCUT2D eigenvalue weighted by Crippen LogP contribution is 2.36. The van der Waals surface area contributed by atoms with E-state index in [0.717, 1.165) is 23.4 Å². The molecule has 0 spiro atoms. The summed E-state index contributed by atoms with van der Waals surface area (Å²) in [6.07, 6.45) is -1.54. The van der Waals surface area contributed by atoms with Gasteiger partial charge in [-0.2, -0.15) is 13.2 Å². The van der Waals surface area contributed by atoms with Gasteiger partial charge in [-0.05, 0) is 19.3 Å². The molecule has 3 nitrogen and oxygen atoms in total. The first-order chi connectivity index (χ1) is 9.45. The molecule has 0 aromatic carbocycles. The Kier molecular flexibility index (Phi) is 4.90. The van der Waals surface area contributed by atoms with Crippen molar-refractivity contribution in [3.8, 4) is 0 Å². The lowest BCUT2D eigenvalue weighted by molar-refractivity contribution is -0.175. The molecule has 2 heterocycles. The summed E-state index contributed by atoms with van der Waals surface area (Å²) >= 11 is 1.44. The molecule has 1 fully saturated rings. The van der Waals surface area contributed by atoms with Gasteiger partial charge in [0.05, 0.1) is 11.6 Å². The fourth-order valence-electron chi connectivity index (χ4n) is 2.51. The minimum Gasteiger partial charge on any atom is -0.347 e. The maximum Gasteiger partial charge on any atom is 0.393 e. The van der Waals surface area contributed by atoms with E-state index in [2.05, 4.69) is 11.9 Å². The Hall–Kier alpha value is -0.820. The topological polar surface area (TPSA) is 42.2 Å². The molecule has 1 atom stereocenters. The molecule has 1 aliphatic rings. The molecule has 1 aliphatic heterocycles. The number of nitrogens with two attached hydrogens (primary N) is 1. The number of nitrogens with zero attached hydrogens (tertiary/aromatic N) is 2. The van der Waals surface area contributed by atoms with Gasteiger partial charge in [0.25, 0.3) is 0 Å². The predicted molar refractivity (Wildman–Crippen MR) is 75.0 cm³/mol. The molecule has 0 bridgehead atoms. The highest BCUT2D eigenvalue weighted by molar-refractivity contribution is 7.15. The number of aromatic nitrogens is 1. The van der Waals surface area contributed by atoms with Gasteiger partial charge in [-0.15, -0.1) is 11.3 Å². The van der Waals surface area contributed by atoms with Crippen LogP contribution >= 0.6 is 11.3 Å². The second kappa shape index (κ2) is 6.30. The average Bonchev–Trinajstić information content (AvgIpc) is 2.82. The standard InChI is InChI=1S/C13H20F3N3S/c1-2-4-10-11(7-17)20-12(18-10)19-6-3-5-9(8-19)13(14,15)16/h9H,2-8,17H2,1H3. The van der Waals surface area contributed by atoms with E-state index in [9.17, 15) is 13.2 Å². The summed E-state index contributed by atoms with van der Waals surface area (Å²) in [5.41, 5.74) is 6.64. The van der Waals surface area contributed by atoms with Crippen LogP contribution in [-0.4, -0.2) is 24.2 Å². The van der Waals surface area contributed by atoms with E-state index in [4.69, 9.17) is 5.73 Å². The van der Waals surface area contributed by atoms with Crippen LogP contribution < -0.4 is 10.6 Å². The molecule has 1 unspecified atom stereocenters. The van der Waals surface area contributed by atoms with Gasteiger partial charge in [-0.1, -0.05) is 13.3 Å². The number of thiazole rings is 1. The Morgan fingerprint density at radius 3 is 2.80 bits per heavy atom. The van der Waals surface area contributed by atoms with Gasteiger partial charge in [0.2, 0.25) is 0 Å². The van der Waals surface area contributed by atoms with Crippen LogP contribution in [0.5, 0.6) is 0 Å². The summed E-state index contributed by atoms with van der Waals surface area (Å²) in [7, 11) is 0. The zero-order valence-electron chi connectivity index (χ0n) is 11.5. The average molecular weight is 307 g/mol. The van der Waals surface area contributed by atoms with Crippen LogP contribution in [-0.2, 0) is 13.0 Å². The number of alkyl halides is 3. The van der Waals surface area contributed by atoms with Crippen molar-refractivity contribution in [1.82, 2.24) is 4.98 Å². The minimum atomic E-state index is -4.11. The van der Waals surface area contributed by atoms with Gasteiger partial charge in [-0.25, -0.2) is 4.98 Å². The fourth-order valence-corrected chi connectivity index (χ4v) is 3.53. The van der Waals surface area contributed by atoms with Crippen molar-refractivity contribution in [3.05, 3.63) is 10.6 Å². The second-order valence-corrected chi connectivity index (χ2v) is 6.21. The van der Waals surface area contributed by atoms with Gasteiger partial charge in [-0.3, -0.25) is 0 Å².